The lowest BCUT2D eigenvalue weighted by molar-refractivity contribution is -0.139. The predicted octanol–water partition coefficient (Wildman–Crippen LogP) is 2.99. The van der Waals surface area contributed by atoms with Crippen LogP contribution in [0.4, 0.5) is 0 Å². The zero-order chi connectivity index (χ0) is 17.2. The Hall–Kier alpha value is -2.27. The number of aryl methyl sites for hydroxylation is 2. The Morgan fingerprint density at radius 1 is 1.12 bits per heavy atom. The summed E-state index contributed by atoms with van der Waals surface area (Å²) in [5.74, 6) is 0.00669. The van der Waals surface area contributed by atoms with Crippen molar-refractivity contribution in [2.75, 3.05) is 0 Å². The van der Waals surface area contributed by atoms with E-state index in [9.17, 15) is 9.90 Å². The molecule has 24 heavy (non-hydrogen) atoms. The van der Waals surface area contributed by atoms with Gasteiger partial charge >= 0.3 is 5.97 Å². The Kier molecular flexibility index (Phi) is 7.36. The van der Waals surface area contributed by atoms with Crippen LogP contribution in [0.1, 0.15) is 43.1 Å². The van der Waals surface area contributed by atoms with Gasteiger partial charge < -0.3 is 10.4 Å². The van der Waals surface area contributed by atoms with Crippen LogP contribution in [0.5, 0.6) is 0 Å². The van der Waals surface area contributed by atoms with Crippen molar-refractivity contribution in [1.29, 1.82) is 0 Å². The maximum absolute atomic E-state index is 11.2. The largest absolute Gasteiger partial charge is 0.480 e. The molecule has 1 aromatic heterocycles. The number of carboxylic acids is 1. The van der Waals surface area contributed by atoms with E-state index in [1.807, 2.05) is 18.2 Å². The van der Waals surface area contributed by atoms with Crippen LogP contribution in [0.15, 0.2) is 42.7 Å². The standard InChI is InChI=1S/C19H25N3O2/c1-2-3-9-17(19(23)24)20-12-16-13-21-18(22-14-16)11-10-15-7-5-4-6-8-15/h4-8,13-14,17,20H,2-3,9-12H2,1H3,(H,23,24). The Bertz CT molecular complexity index is 614. The summed E-state index contributed by atoms with van der Waals surface area (Å²) < 4.78 is 0. The van der Waals surface area contributed by atoms with Crippen molar-refractivity contribution in [3.05, 3.63) is 59.7 Å². The third kappa shape index (κ3) is 6.08. The van der Waals surface area contributed by atoms with Gasteiger partial charge in [-0.25, -0.2) is 9.97 Å². The number of carboxylic acid groups (broad SMARTS) is 1. The van der Waals surface area contributed by atoms with Crippen molar-refractivity contribution in [3.8, 4) is 0 Å². The van der Waals surface area contributed by atoms with Gasteiger partial charge in [0.25, 0.3) is 0 Å². The third-order valence-corrected chi connectivity index (χ3v) is 3.94. The van der Waals surface area contributed by atoms with E-state index in [2.05, 4.69) is 34.3 Å². The van der Waals surface area contributed by atoms with Crippen LogP contribution in [0.3, 0.4) is 0 Å². The van der Waals surface area contributed by atoms with Crippen LogP contribution in [0.25, 0.3) is 0 Å². The van der Waals surface area contributed by atoms with E-state index in [4.69, 9.17) is 0 Å². The minimum absolute atomic E-state index is 0.472. The molecule has 0 aliphatic rings. The van der Waals surface area contributed by atoms with Crippen molar-refractivity contribution < 1.29 is 9.90 Å². The molecule has 1 atom stereocenters. The molecule has 128 valence electrons. The van der Waals surface area contributed by atoms with Gasteiger partial charge in [0.05, 0.1) is 0 Å². The highest BCUT2D eigenvalue weighted by atomic mass is 16.4. The third-order valence-electron chi connectivity index (χ3n) is 3.94. The molecule has 2 aromatic rings. The molecule has 5 heteroatoms. The molecule has 0 aliphatic heterocycles. The first-order valence-electron chi connectivity index (χ1n) is 8.49. The molecular weight excluding hydrogens is 302 g/mol. The molecule has 1 aromatic carbocycles. The summed E-state index contributed by atoms with van der Waals surface area (Å²) in [4.78, 5) is 20.0. The lowest BCUT2D eigenvalue weighted by atomic mass is 10.1. The monoisotopic (exact) mass is 327 g/mol. The molecule has 0 amide bonds. The normalized spacial score (nSPS) is 12.0. The minimum atomic E-state index is -0.802. The highest BCUT2D eigenvalue weighted by molar-refractivity contribution is 5.73. The van der Waals surface area contributed by atoms with E-state index in [1.165, 1.54) is 5.56 Å². The molecule has 1 heterocycles. The molecule has 0 radical (unpaired) electrons. The SMILES string of the molecule is CCCCC(NCc1cnc(CCc2ccccc2)nc1)C(=O)O. The maximum atomic E-state index is 11.2. The number of nitrogens with zero attached hydrogens (tertiary/aromatic N) is 2. The van der Waals surface area contributed by atoms with Crippen molar-refractivity contribution in [3.63, 3.8) is 0 Å². The molecule has 0 aliphatic carbocycles. The first-order chi connectivity index (χ1) is 11.7. The Morgan fingerprint density at radius 2 is 1.83 bits per heavy atom. The van der Waals surface area contributed by atoms with Crippen LogP contribution in [-0.4, -0.2) is 27.1 Å². The highest BCUT2D eigenvalue weighted by Gasteiger charge is 2.15. The molecule has 0 saturated carbocycles. The van der Waals surface area contributed by atoms with Crippen LogP contribution in [0.2, 0.25) is 0 Å². The fourth-order valence-electron chi connectivity index (χ4n) is 2.46. The summed E-state index contributed by atoms with van der Waals surface area (Å²) in [6, 6.07) is 9.75. The van der Waals surface area contributed by atoms with Crippen molar-refractivity contribution >= 4 is 5.97 Å². The fourth-order valence-corrected chi connectivity index (χ4v) is 2.46. The number of hydrogen-bond donors (Lipinski definition) is 2. The Balaban J connectivity index is 1.81. The average Bonchev–Trinajstić information content (AvgIpc) is 2.61. The van der Waals surface area contributed by atoms with E-state index in [0.29, 0.717) is 13.0 Å². The summed E-state index contributed by atoms with van der Waals surface area (Å²) in [6.07, 6.45) is 7.80. The summed E-state index contributed by atoms with van der Waals surface area (Å²) in [5.41, 5.74) is 2.17. The lowest BCUT2D eigenvalue weighted by Gasteiger charge is -2.13. The lowest BCUT2D eigenvalue weighted by Crippen LogP contribution is -2.36. The number of aliphatic carboxylic acids is 1. The van der Waals surface area contributed by atoms with Gasteiger partial charge in [-0.05, 0) is 18.4 Å². The first kappa shape index (κ1) is 18.1. The predicted molar refractivity (Wildman–Crippen MR) is 93.7 cm³/mol. The van der Waals surface area contributed by atoms with Gasteiger partial charge in [0, 0.05) is 30.9 Å². The second-order valence-electron chi connectivity index (χ2n) is 5.91. The van der Waals surface area contributed by atoms with Gasteiger partial charge in [-0.15, -0.1) is 0 Å². The average molecular weight is 327 g/mol. The van der Waals surface area contributed by atoms with E-state index < -0.39 is 12.0 Å². The fraction of sp³-hybridized carbons (Fsp3) is 0.421. The van der Waals surface area contributed by atoms with Crippen LogP contribution in [-0.2, 0) is 24.2 Å². The molecular formula is C19H25N3O2. The van der Waals surface area contributed by atoms with E-state index in [-0.39, 0.29) is 0 Å². The second kappa shape index (κ2) is 9.78. The molecule has 0 saturated heterocycles. The van der Waals surface area contributed by atoms with Crippen molar-refractivity contribution in [1.82, 2.24) is 15.3 Å². The first-order valence-corrected chi connectivity index (χ1v) is 8.49. The zero-order valence-corrected chi connectivity index (χ0v) is 14.1. The van der Waals surface area contributed by atoms with Gasteiger partial charge in [0.2, 0.25) is 0 Å². The smallest absolute Gasteiger partial charge is 0.320 e. The number of carbonyl (C=O) groups is 1. The summed E-state index contributed by atoms with van der Waals surface area (Å²) >= 11 is 0. The number of hydrogen-bond acceptors (Lipinski definition) is 4. The van der Waals surface area contributed by atoms with Crippen molar-refractivity contribution in [2.24, 2.45) is 0 Å². The Labute approximate surface area is 143 Å². The topological polar surface area (TPSA) is 75.1 Å². The molecule has 5 nitrogen and oxygen atoms in total. The van der Waals surface area contributed by atoms with E-state index >= 15 is 0 Å². The molecule has 0 fully saturated rings. The summed E-state index contributed by atoms with van der Waals surface area (Å²) in [7, 11) is 0. The number of unbranched alkanes of at least 4 members (excludes halogenated alkanes) is 1. The molecule has 1 unspecified atom stereocenters. The Morgan fingerprint density at radius 3 is 2.46 bits per heavy atom. The van der Waals surface area contributed by atoms with Gasteiger partial charge in [0.1, 0.15) is 11.9 Å². The zero-order valence-electron chi connectivity index (χ0n) is 14.1. The minimum Gasteiger partial charge on any atom is -0.480 e. The molecule has 2 N–H and O–H groups in total. The maximum Gasteiger partial charge on any atom is 0.320 e. The van der Waals surface area contributed by atoms with Crippen LogP contribution < -0.4 is 5.32 Å². The van der Waals surface area contributed by atoms with Crippen LogP contribution >= 0.6 is 0 Å². The number of aromatic nitrogens is 2. The van der Waals surface area contributed by atoms with Gasteiger partial charge in [0.15, 0.2) is 0 Å². The van der Waals surface area contributed by atoms with E-state index in [0.717, 1.165) is 37.1 Å². The van der Waals surface area contributed by atoms with Crippen molar-refractivity contribution in [2.45, 2.75) is 51.6 Å². The van der Waals surface area contributed by atoms with Gasteiger partial charge in [-0.3, -0.25) is 4.79 Å². The van der Waals surface area contributed by atoms with E-state index in [1.54, 1.807) is 12.4 Å². The van der Waals surface area contributed by atoms with Gasteiger partial charge in [-0.2, -0.15) is 0 Å². The second-order valence-corrected chi connectivity index (χ2v) is 5.91. The quantitative estimate of drug-likeness (QED) is 0.701. The number of benzene rings is 1. The molecule has 0 spiro atoms. The molecule has 0 bridgehead atoms. The number of nitrogens with one attached hydrogen (secondary N) is 1. The summed E-state index contributed by atoms with van der Waals surface area (Å²) in [5, 5.41) is 12.3. The van der Waals surface area contributed by atoms with Crippen LogP contribution in [0, 0.1) is 0 Å². The summed E-state index contributed by atoms with van der Waals surface area (Å²) in [6.45, 7) is 2.53. The van der Waals surface area contributed by atoms with Gasteiger partial charge in [-0.1, -0.05) is 50.1 Å². The molecule has 2 rings (SSSR count). The highest BCUT2D eigenvalue weighted by Crippen LogP contribution is 2.06. The number of rotatable bonds is 10.